The summed E-state index contributed by atoms with van der Waals surface area (Å²) in [5, 5.41) is 11.9. The zero-order valence-corrected chi connectivity index (χ0v) is 17.6. The van der Waals surface area contributed by atoms with E-state index in [-0.39, 0.29) is 10.3 Å². The minimum atomic E-state index is -3.71. The average molecular weight is 403 g/mol. The molecule has 28 heavy (non-hydrogen) atoms. The molecule has 0 aliphatic heterocycles. The molecule has 0 atom stereocenters. The minimum Gasteiger partial charge on any atom is -0.356 e. The molecule has 0 saturated heterocycles. The highest BCUT2D eigenvalue weighted by molar-refractivity contribution is 7.89. The van der Waals surface area contributed by atoms with Gasteiger partial charge in [-0.1, -0.05) is 56.3 Å². The molecule has 0 heterocycles. The van der Waals surface area contributed by atoms with E-state index in [0.29, 0.717) is 12.5 Å². The first-order valence-corrected chi connectivity index (χ1v) is 11.0. The number of aliphatic imine (C=N–C) groups is 1. The monoisotopic (exact) mass is 402 g/mol. The Morgan fingerprint density at radius 3 is 2.29 bits per heavy atom. The van der Waals surface area contributed by atoms with Gasteiger partial charge in [-0.3, -0.25) is 4.99 Å². The van der Waals surface area contributed by atoms with Crippen LogP contribution in [0.25, 0.3) is 0 Å². The number of nitrogens with one attached hydrogen (secondary N) is 2. The second kappa shape index (κ2) is 9.71. The summed E-state index contributed by atoms with van der Waals surface area (Å²) in [6.45, 7) is 5.60. The largest absolute Gasteiger partial charge is 0.356 e. The highest BCUT2D eigenvalue weighted by Crippen LogP contribution is 2.30. The maximum absolute atomic E-state index is 11.5. The van der Waals surface area contributed by atoms with Gasteiger partial charge < -0.3 is 10.6 Å². The van der Waals surface area contributed by atoms with E-state index in [1.807, 2.05) is 12.1 Å². The number of benzene rings is 2. The van der Waals surface area contributed by atoms with Crippen molar-refractivity contribution in [1.82, 2.24) is 10.6 Å². The van der Waals surface area contributed by atoms with Crippen LogP contribution in [-0.2, 0) is 22.0 Å². The standard InChI is InChI=1S/C21H30N4O2S/c1-4-21(5-2,18-11-7-6-8-12-18)16-25-20(23-3)24-15-17-10-9-13-19(14-17)28(22,26)27/h6-14H,4-5,15-16H2,1-3H3,(H2,22,26,27)(H2,23,24,25). The van der Waals surface area contributed by atoms with Gasteiger partial charge in [-0.2, -0.15) is 0 Å². The van der Waals surface area contributed by atoms with E-state index in [1.165, 1.54) is 11.6 Å². The molecule has 0 radical (unpaired) electrons. The molecule has 0 bridgehead atoms. The first-order chi connectivity index (χ1) is 13.3. The highest BCUT2D eigenvalue weighted by Gasteiger charge is 2.28. The lowest BCUT2D eigenvalue weighted by atomic mass is 9.76. The van der Waals surface area contributed by atoms with Crippen LogP contribution in [0.5, 0.6) is 0 Å². The Bertz CT molecular complexity index is 892. The lowest BCUT2D eigenvalue weighted by Crippen LogP contribution is -2.45. The molecule has 2 aromatic rings. The normalized spacial score (nSPS) is 12.6. The summed E-state index contributed by atoms with van der Waals surface area (Å²) in [5.74, 6) is 0.670. The smallest absolute Gasteiger partial charge is 0.238 e. The molecular formula is C21H30N4O2S. The molecule has 0 aromatic heterocycles. The van der Waals surface area contributed by atoms with Gasteiger partial charge in [-0.15, -0.1) is 0 Å². The first-order valence-electron chi connectivity index (χ1n) is 9.46. The van der Waals surface area contributed by atoms with E-state index in [1.54, 1.807) is 19.2 Å². The Morgan fingerprint density at radius 1 is 1.04 bits per heavy atom. The van der Waals surface area contributed by atoms with Crippen molar-refractivity contribution in [2.45, 2.75) is 43.5 Å². The van der Waals surface area contributed by atoms with Crippen molar-refractivity contribution < 1.29 is 8.42 Å². The second-order valence-corrected chi connectivity index (χ2v) is 8.39. The fraction of sp³-hybridized carbons (Fsp3) is 0.381. The fourth-order valence-corrected chi connectivity index (χ4v) is 3.88. The van der Waals surface area contributed by atoms with Gasteiger partial charge in [0.2, 0.25) is 10.0 Å². The summed E-state index contributed by atoms with van der Waals surface area (Å²) in [5.41, 5.74) is 2.14. The van der Waals surface area contributed by atoms with Crippen molar-refractivity contribution in [3.8, 4) is 0 Å². The highest BCUT2D eigenvalue weighted by atomic mass is 32.2. The summed E-state index contributed by atoms with van der Waals surface area (Å²) < 4.78 is 23.0. The number of primary sulfonamides is 1. The van der Waals surface area contributed by atoms with E-state index in [2.05, 4.69) is 53.7 Å². The molecular weight excluding hydrogens is 372 g/mol. The van der Waals surface area contributed by atoms with Crippen LogP contribution in [0, 0.1) is 0 Å². The number of hydrogen-bond acceptors (Lipinski definition) is 3. The number of hydrogen-bond donors (Lipinski definition) is 3. The molecule has 6 nitrogen and oxygen atoms in total. The minimum absolute atomic E-state index is 0.0203. The summed E-state index contributed by atoms with van der Waals surface area (Å²) in [6, 6.07) is 17.1. The number of nitrogens with zero attached hydrogens (tertiary/aromatic N) is 1. The van der Waals surface area contributed by atoms with Crippen LogP contribution in [0.15, 0.2) is 64.5 Å². The maximum atomic E-state index is 11.5. The lowest BCUT2D eigenvalue weighted by molar-refractivity contribution is 0.389. The van der Waals surface area contributed by atoms with Crippen LogP contribution in [0.4, 0.5) is 0 Å². The van der Waals surface area contributed by atoms with E-state index >= 15 is 0 Å². The third-order valence-corrected chi connectivity index (χ3v) is 6.16. The molecule has 152 valence electrons. The van der Waals surface area contributed by atoms with Crippen LogP contribution in [0.1, 0.15) is 37.8 Å². The van der Waals surface area contributed by atoms with Gasteiger partial charge in [-0.05, 0) is 36.1 Å². The molecule has 2 rings (SSSR count). The van der Waals surface area contributed by atoms with E-state index in [4.69, 9.17) is 5.14 Å². The first kappa shape index (κ1) is 21.9. The molecule has 0 spiro atoms. The maximum Gasteiger partial charge on any atom is 0.238 e. The third kappa shape index (κ3) is 5.56. The van der Waals surface area contributed by atoms with Crippen molar-refractivity contribution >= 4 is 16.0 Å². The summed E-state index contributed by atoms with van der Waals surface area (Å²) in [7, 11) is -1.99. The SMILES string of the molecule is CCC(CC)(CNC(=NC)NCc1cccc(S(N)(=O)=O)c1)c1ccccc1. The van der Waals surface area contributed by atoms with Crippen LogP contribution < -0.4 is 15.8 Å². The van der Waals surface area contributed by atoms with Crippen LogP contribution >= 0.6 is 0 Å². The molecule has 0 fully saturated rings. The zero-order chi connectivity index (χ0) is 20.6. The van der Waals surface area contributed by atoms with Gasteiger partial charge in [0.05, 0.1) is 4.90 Å². The van der Waals surface area contributed by atoms with Gasteiger partial charge in [0.25, 0.3) is 0 Å². The molecule has 7 heteroatoms. The van der Waals surface area contributed by atoms with Crippen LogP contribution in [0.3, 0.4) is 0 Å². The number of rotatable bonds is 8. The Kier molecular flexibility index (Phi) is 7.60. The number of nitrogens with two attached hydrogens (primary N) is 1. The van der Waals surface area contributed by atoms with Crippen molar-refractivity contribution in [3.05, 3.63) is 65.7 Å². The fourth-order valence-electron chi connectivity index (χ4n) is 3.29. The molecule has 0 aliphatic rings. The number of guanidine groups is 1. The van der Waals surface area contributed by atoms with Gasteiger partial charge in [0.1, 0.15) is 0 Å². The average Bonchev–Trinajstić information content (AvgIpc) is 2.71. The third-order valence-electron chi connectivity index (χ3n) is 5.24. The van der Waals surface area contributed by atoms with E-state index in [9.17, 15) is 8.42 Å². The van der Waals surface area contributed by atoms with Crippen molar-refractivity contribution in [2.75, 3.05) is 13.6 Å². The Balaban J connectivity index is 2.05. The van der Waals surface area contributed by atoms with Crippen LogP contribution in [0.2, 0.25) is 0 Å². The summed E-state index contributed by atoms with van der Waals surface area (Å²) in [6.07, 6.45) is 2.02. The molecule has 0 unspecified atom stereocenters. The number of sulfonamides is 1. The van der Waals surface area contributed by atoms with Gasteiger partial charge in [0, 0.05) is 25.6 Å². The predicted molar refractivity (Wildman–Crippen MR) is 115 cm³/mol. The van der Waals surface area contributed by atoms with Crippen LogP contribution in [-0.4, -0.2) is 28.0 Å². The van der Waals surface area contributed by atoms with Gasteiger partial charge in [-0.25, -0.2) is 13.6 Å². The van der Waals surface area contributed by atoms with Gasteiger partial charge in [0.15, 0.2) is 5.96 Å². The Hall–Kier alpha value is -2.38. The molecule has 0 saturated carbocycles. The van der Waals surface area contributed by atoms with Gasteiger partial charge >= 0.3 is 0 Å². The van der Waals surface area contributed by atoms with Crippen molar-refractivity contribution in [1.29, 1.82) is 0 Å². The van der Waals surface area contributed by atoms with Crippen molar-refractivity contribution in [3.63, 3.8) is 0 Å². The Morgan fingerprint density at radius 2 is 1.71 bits per heavy atom. The quantitative estimate of drug-likeness (QED) is 0.467. The zero-order valence-electron chi connectivity index (χ0n) is 16.8. The molecule has 2 aromatic carbocycles. The molecule has 0 amide bonds. The summed E-state index contributed by atoms with van der Waals surface area (Å²) >= 11 is 0. The lowest BCUT2D eigenvalue weighted by Gasteiger charge is -2.33. The van der Waals surface area contributed by atoms with Crippen molar-refractivity contribution in [2.24, 2.45) is 10.1 Å². The molecule has 4 N–H and O–H groups in total. The molecule has 0 aliphatic carbocycles. The second-order valence-electron chi connectivity index (χ2n) is 6.83. The van der Waals surface area contributed by atoms with E-state index < -0.39 is 10.0 Å². The van der Waals surface area contributed by atoms with E-state index in [0.717, 1.165) is 24.9 Å². The summed E-state index contributed by atoms with van der Waals surface area (Å²) in [4.78, 5) is 4.40. The topological polar surface area (TPSA) is 96.6 Å². The predicted octanol–water partition coefficient (Wildman–Crippen LogP) is 2.76. The Labute approximate surface area is 168 Å².